The van der Waals surface area contributed by atoms with Crippen LogP contribution < -0.4 is 9.64 Å². The van der Waals surface area contributed by atoms with Crippen LogP contribution in [0.5, 0.6) is 5.75 Å². The van der Waals surface area contributed by atoms with Crippen LogP contribution in [0.2, 0.25) is 0 Å². The van der Waals surface area contributed by atoms with Gasteiger partial charge in [0.1, 0.15) is 34.3 Å². The quantitative estimate of drug-likeness (QED) is 0.216. The molecular formula is C35H39N5O5S. The van der Waals surface area contributed by atoms with E-state index in [0.717, 1.165) is 64.2 Å². The summed E-state index contributed by atoms with van der Waals surface area (Å²) in [5, 5.41) is 9.79. The highest BCUT2D eigenvalue weighted by atomic mass is 32.1. The van der Waals surface area contributed by atoms with Gasteiger partial charge in [0.25, 0.3) is 0 Å². The maximum Gasteiger partial charge on any atom is 0.338 e. The number of hydrogen-bond donors (Lipinski definition) is 0. The van der Waals surface area contributed by atoms with Crippen molar-refractivity contribution in [2.45, 2.75) is 72.1 Å². The van der Waals surface area contributed by atoms with Crippen LogP contribution in [0.25, 0.3) is 5.00 Å². The fourth-order valence-electron chi connectivity index (χ4n) is 5.85. The lowest BCUT2D eigenvalue weighted by Gasteiger charge is -2.20. The van der Waals surface area contributed by atoms with Crippen LogP contribution >= 0.6 is 11.3 Å². The van der Waals surface area contributed by atoms with E-state index in [1.54, 1.807) is 23.5 Å². The van der Waals surface area contributed by atoms with Gasteiger partial charge in [0, 0.05) is 34.7 Å². The molecule has 1 saturated heterocycles. The van der Waals surface area contributed by atoms with E-state index in [9.17, 15) is 9.59 Å². The predicted molar refractivity (Wildman–Crippen MR) is 178 cm³/mol. The molecule has 4 aromatic rings. The number of anilines is 1. The molecule has 240 valence electrons. The molecule has 0 aliphatic carbocycles. The molecule has 2 aliphatic rings. The van der Waals surface area contributed by atoms with E-state index < -0.39 is 11.6 Å². The third-order valence-corrected chi connectivity index (χ3v) is 9.46. The summed E-state index contributed by atoms with van der Waals surface area (Å²) in [6.45, 7) is 13.3. The van der Waals surface area contributed by atoms with Gasteiger partial charge in [0.15, 0.2) is 5.82 Å². The second-order valence-electron chi connectivity index (χ2n) is 12.7. The average molecular weight is 642 g/mol. The normalized spacial score (nSPS) is 17.5. The molecule has 46 heavy (non-hydrogen) atoms. The van der Waals surface area contributed by atoms with Crippen molar-refractivity contribution < 1.29 is 23.8 Å². The maximum atomic E-state index is 12.4. The molecule has 0 bridgehead atoms. The van der Waals surface area contributed by atoms with E-state index in [4.69, 9.17) is 19.2 Å². The molecule has 1 unspecified atom stereocenters. The Morgan fingerprint density at radius 1 is 1.00 bits per heavy atom. The number of nitrogens with zero attached hydrogens (tertiary/aromatic N) is 5. The number of esters is 2. The zero-order valence-electron chi connectivity index (χ0n) is 27.3. The number of thiophene rings is 1. The number of ether oxygens (including phenoxy) is 3. The van der Waals surface area contributed by atoms with Crippen molar-refractivity contribution >= 4 is 34.7 Å². The summed E-state index contributed by atoms with van der Waals surface area (Å²) in [6.07, 6.45) is 0.977. The summed E-state index contributed by atoms with van der Waals surface area (Å²) in [7, 11) is 1.39. The monoisotopic (exact) mass is 641 g/mol. The van der Waals surface area contributed by atoms with Crippen molar-refractivity contribution in [3.05, 3.63) is 87.3 Å². The molecule has 0 N–H and O–H groups in total. The molecular weight excluding hydrogens is 602 g/mol. The summed E-state index contributed by atoms with van der Waals surface area (Å²) < 4.78 is 18.8. The van der Waals surface area contributed by atoms with Crippen molar-refractivity contribution in [2.75, 3.05) is 25.1 Å². The molecule has 0 amide bonds. The van der Waals surface area contributed by atoms with Crippen LogP contribution in [-0.4, -0.2) is 64.3 Å². The number of benzene rings is 2. The third-order valence-electron chi connectivity index (χ3n) is 8.27. The minimum absolute atomic E-state index is 0.0236. The molecule has 0 spiro atoms. The zero-order valence-corrected chi connectivity index (χ0v) is 28.1. The molecule has 2 aliphatic heterocycles. The van der Waals surface area contributed by atoms with Crippen LogP contribution in [0.15, 0.2) is 53.5 Å². The van der Waals surface area contributed by atoms with Crippen LogP contribution in [0.4, 0.5) is 5.69 Å². The molecule has 10 nitrogen and oxygen atoms in total. The van der Waals surface area contributed by atoms with Gasteiger partial charge in [-0.3, -0.25) is 14.4 Å². The fraction of sp³-hybridized carbons (Fsp3) is 0.400. The molecule has 11 heteroatoms. The molecule has 2 aromatic heterocycles. The standard InChI is InChI=1S/C35H39N5O5S/c1-20-21(2)46-33-30(20)31(36-28(18-29(41)43-7)32-38-37-22(3)40(32)33)23-8-12-25(13-9-23)39-17-16-27(19-39)44-26-14-10-24(11-15-26)34(42)45-35(4,5)6/h8-15,27-28H,16-19H2,1-7H3/t27?,28-/m0/s1. The van der Waals surface area contributed by atoms with Gasteiger partial charge in [-0.25, -0.2) is 4.79 Å². The Labute approximate surface area is 273 Å². The van der Waals surface area contributed by atoms with Gasteiger partial charge < -0.3 is 19.1 Å². The first-order valence-corrected chi connectivity index (χ1v) is 16.3. The highest BCUT2D eigenvalue weighted by Crippen LogP contribution is 2.40. The molecule has 6 rings (SSSR count). The van der Waals surface area contributed by atoms with Gasteiger partial charge in [-0.1, -0.05) is 12.1 Å². The van der Waals surface area contributed by atoms with Gasteiger partial charge in [-0.05, 0) is 83.5 Å². The number of aryl methyl sites for hydroxylation is 2. The molecule has 2 atom stereocenters. The molecule has 0 radical (unpaired) electrons. The number of hydrogen-bond acceptors (Lipinski definition) is 10. The van der Waals surface area contributed by atoms with E-state index in [1.165, 1.54) is 12.0 Å². The third kappa shape index (κ3) is 6.28. The lowest BCUT2D eigenvalue weighted by atomic mass is 9.99. The highest BCUT2D eigenvalue weighted by Gasteiger charge is 2.33. The van der Waals surface area contributed by atoms with Gasteiger partial charge in [-0.2, -0.15) is 0 Å². The van der Waals surface area contributed by atoms with E-state index in [0.29, 0.717) is 11.4 Å². The summed E-state index contributed by atoms with van der Waals surface area (Å²) in [6, 6.07) is 15.0. The van der Waals surface area contributed by atoms with Crippen LogP contribution in [0, 0.1) is 20.8 Å². The summed E-state index contributed by atoms with van der Waals surface area (Å²) in [5.74, 6) is 1.43. The van der Waals surface area contributed by atoms with Crippen molar-refractivity contribution in [2.24, 2.45) is 4.99 Å². The summed E-state index contributed by atoms with van der Waals surface area (Å²) in [4.78, 5) is 33.5. The number of carbonyl (C=O) groups is 2. The zero-order chi connectivity index (χ0) is 32.7. The van der Waals surface area contributed by atoms with Crippen molar-refractivity contribution in [3.8, 4) is 10.8 Å². The Bertz CT molecular complexity index is 1800. The van der Waals surface area contributed by atoms with E-state index in [-0.39, 0.29) is 24.5 Å². The largest absolute Gasteiger partial charge is 0.489 e. The van der Waals surface area contributed by atoms with Gasteiger partial charge in [-0.15, -0.1) is 21.5 Å². The average Bonchev–Trinajstić information content (AvgIpc) is 3.69. The van der Waals surface area contributed by atoms with E-state index >= 15 is 0 Å². The second kappa shape index (κ2) is 12.4. The van der Waals surface area contributed by atoms with E-state index in [2.05, 4.69) is 53.2 Å². The lowest BCUT2D eigenvalue weighted by molar-refractivity contribution is -0.141. The Morgan fingerprint density at radius 2 is 1.72 bits per heavy atom. The molecule has 4 heterocycles. The van der Waals surface area contributed by atoms with Crippen LogP contribution in [0.3, 0.4) is 0 Å². The lowest BCUT2D eigenvalue weighted by Crippen LogP contribution is -2.25. The topological polar surface area (TPSA) is 108 Å². The smallest absolute Gasteiger partial charge is 0.338 e. The minimum atomic E-state index is -0.542. The first-order chi connectivity index (χ1) is 21.9. The number of rotatable bonds is 7. The molecule has 0 saturated carbocycles. The Hall–Kier alpha value is -4.51. The highest BCUT2D eigenvalue weighted by molar-refractivity contribution is 7.15. The van der Waals surface area contributed by atoms with Crippen molar-refractivity contribution in [3.63, 3.8) is 0 Å². The maximum absolute atomic E-state index is 12.4. The summed E-state index contributed by atoms with van der Waals surface area (Å²) in [5.41, 5.74) is 5.05. The van der Waals surface area contributed by atoms with Gasteiger partial charge in [0.2, 0.25) is 0 Å². The molecule has 1 fully saturated rings. The Balaban J connectivity index is 1.20. The number of fused-ring (bicyclic) bond motifs is 3. The van der Waals surface area contributed by atoms with Crippen molar-refractivity contribution in [1.82, 2.24) is 14.8 Å². The van der Waals surface area contributed by atoms with E-state index in [1.807, 2.05) is 44.4 Å². The first-order valence-electron chi connectivity index (χ1n) is 15.4. The number of aliphatic imine (C=N–C) groups is 1. The summed E-state index contributed by atoms with van der Waals surface area (Å²) >= 11 is 1.69. The number of aromatic nitrogens is 3. The Kier molecular flexibility index (Phi) is 8.45. The first kappa shape index (κ1) is 31.5. The van der Waals surface area contributed by atoms with Gasteiger partial charge in [0.05, 0.1) is 31.4 Å². The Morgan fingerprint density at radius 3 is 2.39 bits per heavy atom. The van der Waals surface area contributed by atoms with Crippen molar-refractivity contribution in [1.29, 1.82) is 0 Å². The number of methoxy groups -OCH3 is 1. The van der Waals surface area contributed by atoms with Crippen LogP contribution in [0.1, 0.15) is 83.2 Å². The van der Waals surface area contributed by atoms with Gasteiger partial charge >= 0.3 is 11.9 Å². The second-order valence-corrected chi connectivity index (χ2v) is 13.9. The number of carbonyl (C=O) groups excluding carboxylic acids is 2. The van der Waals surface area contributed by atoms with Crippen LogP contribution in [-0.2, 0) is 14.3 Å². The predicted octanol–water partition coefficient (Wildman–Crippen LogP) is 6.32. The fourth-order valence-corrected chi connectivity index (χ4v) is 7.07. The SMILES string of the molecule is COC(=O)C[C@@H]1N=C(c2ccc(N3CCC(Oc4ccc(C(=O)OC(C)(C)C)cc4)C3)cc2)c2c(sc(C)c2C)-n2c(C)nnc21. The molecule has 2 aromatic carbocycles. The minimum Gasteiger partial charge on any atom is -0.489 e.